The fourth-order valence-corrected chi connectivity index (χ4v) is 4.79. The van der Waals surface area contributed by atoms with E-state index in [2.05, 4.69) is 19.9 Å². The topological polar surface area (TPSA) is 63.1 Å². The van der Waals surface area contributed by atoms with E-state index >= 15 is 0 Å². The van der Waals surface area contributed by atoms with Gasteiger partial charge in [-0.1, -0.05) is 60.7 Å². The molecular weight excluding hydrogens is 382 g/mol. The van der Waals surface area contributed by atoms with Gasteiger partial charge in [0, 0.05) is 29.3 Å². The number of rotatable bonds is 4. The third-order valence-corrected chi connectivity index (χ3v) is 6.55. The molecule has 2 aromatic carbocycles. The summed E-state index contributed by atoms with van der Waals surface area (Å²) < 4.78 is 4.08. The quantitative estimate of drug-likeness (QED) is 0.499. The van der Waals surface area contributed by atoms with E-state index in [0.717, 1.165) is 26.9 Å². The van der Waals surface area contributed by atoms with Crippen LogP contribution in [0.5, 0.6) is 0 Å². The molecule has 4 rings (SSSR count). The Morgan fingerprint density at radius 1 is 0.846 bits per heavy atom. The number of nitrogens with zero attached hydrogens (tertiary/aromatic N) is 4. The van der Waals surface area contributed by atoms with Crippen LogP contribution in [0, 0.1) is 0 Å². The summed E-state index contributed by atoms with van der Waals surface area (Å²) in [5, 5.41) is 8.78. The summed E-state index contributed by atoms with van der Waals surface area (Å²) in [5.74, 6) is 0. The van der Waals surface area contributed by atoms with Crippen LogP contribution in [0.25, 0.3) is 17.0 Å². The van der Waals surface area contributed by atoms with E-state index in [4.69, 9.17) is 4.99 Å². The van der Waals surface area contributed by atoms with Crippen molar-refractivity contribution in [1.29, 1.82) is 0 Å². The molecule has 8 heteroatoms. The Balaban J connectivity index is 1.46. The predicted molar refractivity (Wildman–Crippen MR) is 111 cm³/mol. The van der Waals surface area contributed by atoms with E-state index in [-0.39, 0.29) is 0 Å². The molecule has 0 radical (unpaired) electrons. The molecule has 0 atom stereocenters. The lowest BCUT2D eigenvalue weighted by molar-refractivity contribution is 0.848. The van der Waals surface area contributed by atoms with Crippen molar-refractivity contribution in [1.82, 2.24) is 19.9 Å². The van der Waals surface area contributed by atoms with Gasteiger partial charge in [0.1, 0.15) is 0 Å². The molecule has 0 bridgehead atoms. The Labute approximate surface area is 163 Å². The van der Waals surface area contributed by atoms with Gasteiger partial charge in [0.2, 0.25) is 5.16 Å². The third kappa shape index (κ3) is 4.27. The van der Waals surface area contributed by atoms with Crippen molar-refractivity contribution in [2.75, 3.05) is 0 Å². The van der Waals surface area contributed by atoms with Gasteiger partial charge in [0.25, 0.3) is 0 Å². The van der Waals surface area contributed by atoms with Crippen molar-refractivity contribution in [3.63, 3.8) is 0 Å². The zero-order chi connectivity index (χ0) is 17.6. The Morgan fingerprint density at radius 2 is 1.58 bits per heavy atom. The molecule has 2 heterocycles. The summed E-state index contributed by atoms with van der Waals surface area (Å²) >= 11 is 1.47. The molecular formula is C18H13N5S3. The summed E-state index contributed by atoms with van der Waals surface area (Å²) in [7, 11) is 2.96. The third-order valence-electron chi connectivity index (χ3n) is 3.42. The lowest BCUT2D eigenvalue weighted by atomic mass is 10.2. The molecule has 5 nitrogen and oxygen atoms in total. The van der Waals surface area contributed by atoms with Crippen LogP contribution >= 0.6 is 33.5 Å². The molecule has 26 heavy (non-hydrogen) atoms. The normalized spacial score (nSPS) is 13.5. The predicted octanol–water partition coefficient (Wildman–Crippen LogP) is 4.88. The fraction of sp³-hybridized carbons (Fsp3) is 0. The number of aliphatic imine (C=N–C) groups is 1. The second kappa shape index (κ2) is 8.39. The summed E-state index contributed by atoms with van der Waals surface area (Å²) in [6.45, 7) is 0. The Kier molecular flexibility index (Phi) is 5.53. The van der Waals surface area contributed by atoms with Gasteiger partial charge in [-0.15, -0.1) is 5.10 Å². The van der Waals surface area contributed by atoms with Gasteiger partial charge < -0.3 is 4.72 Å². The smallest absolute Gasteiger partial charge is 0.220 e. The van der Waals surface area contributed by atoms with Crippen molar-refractivity contribution in [3.8, 4) is 11.3 Å². The number of hydrogen-bond donors (Lipinski definition) is 1. The Morgan fingerprint density at radius 3 is 2.35 bits per heavy atom. The van der Waals surface area contributed by atoms with Gasteiger partial charge in [0.05, 0.1) is 17.6 Å². The van der Waals surface area contributed by atoms with Crippen molar-refractivity contribution in [2.45, 2.75) is 5.16 Å². The van der Waals surface area contributed by atoms with Crippen LogP contribution in [0.2, 0.25) is 0 Å². The maximum atomic E-state index is 4.69. The van der Waals surface area contributed by atoms with Crippen LogP contribution in [-0.2, 0) is 0 Å². The first kappa shape index (κ1) is 17.1. The SMILES string of the molecule is C1=C(c2ccccc2)N=C(SSc2nncc(-c3ccccc3)n2)SN1. The standard InChI is InChI=1S/C18H13N5S3/c1-3-7-13(8-4-1)15-11-19-23-17(21-15)25-26-18-22-16(12-20-24-18)14-9-5-2-6-10-14/h1-12,20H. The minimum atomic E-state index is 0.607. The van der Waals surface area contributed by atoms with E-state index in [1.54, 1.807) is 6.20 Å². The highest BCUT2D eigenvalue weighted by Gasteiger charge is 2.13. The molecule has 0 spiro atoms. The fourth-order valence-electron chi connectivity index (χ4n) is 2.22. The van der Waals surface area contributed by atoms with E-state index < -0.39 is 0 Å². The molecule has 3 aromatic rings. The molecule has 0 aliphatic carbocycles. The van der Waals surface area contributed by atoms with E-state index in [0.29, 0.717) is 5.16 Å². The summed E-state index contributed by atoms with van der Waals surface area (Å²) in [5.41, 5.74) is 3.82. The van der Waals surface area contributed by atoms with Gasteiger partial charge in [-0.05, 0) is 21.6 Å². The van der Waals surface area contributed by atoms with Crippen molar-refractivity contribution >= 4 is 43.6 Å². The van der Waals surface area contributed by atoms with Gasteiger partial charge in [0.15, 0.2) is 4.38 Å². The molecule has 1 aromatic heterocycles. The number of hydrogen-bond acceptors (Lipinski definition) is 8. The second-order valence-electron chi connectivity index (χ2n) is 5.15. The van der Waals surface area contributed by atoms with Gasteiger partial charge in [-0.25, -0.2) is 9.98 Å². The van der Waals surface area contributed by atoms with Gasteiger partial charge >= 0.3 is 0 Å². The first-order chi connectivity index (χ1) is 12.9. The molecule has 0 saturated heterocycles. The molecule has 0 unspecified atom stereocenters. The molecule has 128 valence electrons. The van der Waals surface area contributed by atoms with Crippen LogP contribution in [0.3, 0.4) is 0 Å². The zero-order valence-electron chi connectivity index (χ0n) is 13.4. The lowest BCUT2D eigenvalue weighted by Gasteiger charge is -2.12. The van der Waals surface area contributed by atoms with Gasteiger partial charge in [-0.3, -0.25) is 0 Å². The summed E-state index contributed by atoms with van der Waals surface area (Å²) in [4.78, 5) is 9.27. The maximum Gasteiger partial charge on any atom is 0.220 e. The highest BCUT2D eigenvalue weighted by Crippen LogP contribution is 2.36. The van der Waals surface area contributed by atoms with Gasteiger partial charge in [-0.2, -0.15) is 5.10 Å². The first-order valence-corrected chi connectivity index (χ1v) is 10.7. The Hall–Kier alpha value is -2.29. The molecule has 0 amide bonds. The highest BCUT2D eigenvalue weighted by atomic mass is 33.1. The summed E-state index contributed by atoms with van der Waals surface area (Å²) in [6, 6.07) is 20.0. The van der Waals surface area contributed by atoms with Crippen molar-refractivity contribution in [2.24, 2.45) is 4.99 Å². The molecule has 0 fully saturated rings. The minimum Gasteiger partial charge on any atom is -0.329 e. The first-order valence-electron chi connectivity index (χ1n) is 7.75. The number of nitrogens with one attached hydrogen (secondary N) is 1. The monoisotopic (exact) mass is 395 g/mol. The molecule has 1 N–H and O–H groups in total. The average molecular weight is 396 g/mol. The Bertz CT molecular complexity index is 945. The minimum absolute atomic E-state index is 0.607. The van der Waals surface area contributed by atoms with E-state index in [1.165, 1.54) is 33.5 Å². The second-order valence-corrected chi connectivity index (χ2v) is 8.32. The van der Waals surface area contributed by atoms with Crippen LogP contribution in [-0.4, -0.2) is 19.6 Å². The van der Waals surface area contributed by atoms with Crippen LogP contribution in [0.4, 0.5) is 0 Å². The maximum absolute atomic E-state index is 4.69. The van der Waals surface area contributed by atoms with E-state index in [1.807, 2.05) is 66.9 Å². The molecule has 1 aliphatic heterocycles. The number of aromatic nitrogens is 3. The lowest BCUT2D eigenvalue weighted by Crippen LogP contribution is -2.04. The highest BCUT2D eigenvalue weighted by molar-refractivity contribution is 8.86. The van der Waals surface area contributed by atoms with E-state index in [9.17, 15) is 0 Å². The molecule has 1 aliphatic rings. The van der Waals surface area contributed by atoms with Crippen molar-refractivity contribution < 1.29 is 0 Å². The average Bonchev–Trinajstić information content (AvgIpc) is 2.74. The zero-order valence-corrected chi connectivity index (χ0v) is 15.9. The van der Waals surface area contributed by atoms with Crippen LogP contribution < -0.4 is 4.72 Å². The van der Waals surface area contributed by atoms with Crippen LogP contribution in [0.1, 0.15) is 5.56 Å². The van der Waals surface area contributed by atoms with Crippen LogP contribution in [0.15, 0.2) is 83.2 Å². The summed E-state index contributed by atoms with van der Waals surface area (Å²) in [6.07, 6.45) is 3.58. The van der Waals surface area contributed by atoms with Crippen molar-refractivity contribution in [3.05, 3.63) is 78.6 Å². The molecule has 0 saturated carbocycles. The number of benzene rings is 2. The largest absolute Gasteiger partial charge is 0.329 e.